The van der Waals surface area contributed by atoms with Crippen molar-refractivity contribution in [3.8, 4) is 0 Å². The van der Waals surface area contributed by atoms with Gasteiger partial charge >= 0.3 is 0 Å². The molecular formula is C16H19IO5. The van der Waals surface area contributed by atoms with Crippen LogP contribution >= 0.6 is 22.6 Å². The molecule has 3 heterocycles. The van der Waals surface area contributed by atoms with Crippen LogP contribution in [0.25, 0.3) is 0 Å². The molecule has 3 aliphatic rings. The molecule has 3 fully saturated rings. The molecule has 0 unspecified atom stereocenters. The highest BCUT2D eigenvalue weighted by Crippen LogP contribution is 2.45. The van der Waals surface area contributed by atoms with E-state index in [0.29, 0.717) is 0 Å². The number of rotatable bonds is 2. The summed E-state index contributed by atoms with van der Waals surface area (Å²) in [6.07, 6.45) is -1.34. The summed E-state index contributed by atoms with van der Waals surface area (Å²) in [7, 11) is 0. The molecule has 4 rings (SSSR count). The second-order valence-corrected chi connectivity index (χ2v) is 7.12. The summed E-state index contributed by atoms with van der Waals surface area (Å²) in [5.41, 5.74) is 1.01. The zero-order valence-electron chi connectivity index (χ0n) is 12.5. The van der Waals surface area contributed by atoms with Gasteiger partial charge in [0.15, 0.2) is 18.4 Å². The monoisotopic (exact) mass is 418 g/mol. The van der Waals surface area contributed by atoms with Gasteiger partial charge in [0.1, 0.15) is 18.3 Å². The Morgan fingerprint density at radius 1 is 0.955 bits per heavy atom. The van der Waals surface area contributed by atoms with Crippen LogP contribution in [-0.4, -0.2) is 40.9 Å². The Balaban J connectivity index is 1.59. The van der Waals surface area contributed by atoms with Crippen LogP contribution in [0.3, 0.4) is 0 Å². The standard InChI is InChI=1S/C16H19IO5/c1-16(2)21-13-12-11(19-15(13)22-16)10(8-17)18-14(20-12)9-6-4-3-5-7-9/h3-7,10-15H,8H2,1-2H3/t10-,11-,12+,13-,14+,15-/m1/s1. The van der Waals surface area contributed by atoms with E-state index in [1.165, 1.54) is 0 Å². The first-order valence-electron chi connectivity index (χ1n) is 7.50. The molecule has 1 aromatic carbocycles. The molecule has 0 N–H and O–H groups in total. The Morgan fingerprint density at radius 2 is 1.73 bits per heavy atom. The summed E-state index contributed by atoms with van der Waals surface area (Å²) in [5, 5.41) is 0. The van der Waals surface area contributed by atoms with Crippen LogP contribution in [-0.2, 0) is 23.7 Å². The lowest BCUT2D eigenvalue weighted by molar-refractivity contribution is -0.305. The van der Waals surface area contributed by atoms with Gasteiger partial charge in [-0.2, -0.15) is 0 Å². The number of ether oxygens (including phenoxy) is 5. The number of halogens is 1. The number of alkyl halides is 1. The minimum atomic E-state index is -0.635. The van der Waals surface area contributed by atoms with Gasteiger partial charge < -0.3 is 23.7 Å². The molecule has 1 aromatic rings. The van der Waals surface area contributed by atoms with Crippen LogP contribution in [0.1, 0.15) is 25.7 Å². The summed E-state index contributed by atoms with van der Waals surface area (Å²) in [6.45, 7) is 3.79. The van der Waals surface area contributed by atoms with Crippen molar-refractivity contribution >= 4 is 22.6 Å². The summed E-state index contributed by atoms with van der Waals surface area (Å²) in [4.78, 5) is 0. The van der Waals surface area contributed by atoms with E-state index in [2.05, 4.69) is 22.6 Å². The Bertz CT molecular complexity index is 537. The molecule has 120 valence electrons. The third-order valence-electron chi connectivity index (χ3n) is 4.20. The highest BCUT2D eigenvalue weighted by Gasteiger charge is 2.59. The molecule has 0 saturated carbocycles. The molecule has 3 saturated heterocycles. The maximum absolute atomic E-state index is 6.18. The first kappa shape index (κ1) is 15.3. The van der Waals surface area contributed by atoms with Gasteiger partial charge in [-0.15, -0.1) is 0 Å². The molecule has 22 heavy (non-hydrogen) atoms. The predicted molar refractivity (Wildman–Crippen MR) is 86.5 cm³/mol. The Labute approximate surface area is 143 Å². The smallest absolute Gasteiger partial charge is 0.190 e. The number of benzene rings is 1. The lowest BCUT2D eigenvalue weighted by Gasteiger charge is -2.39. The van der Waals surface area contributed by atoms with Gasteiger partial charge in [-0.05, 0) is 13.8 Å². The fourth-order valence-electron chi connectivity index (χ4n) is 3.26. The van der Waals surface area contributed by atoms with Crippen molar-refractivity contribution in [3.05, 3.63) is 35.9 Å². The normalized spacial score (nSPS) is 42.9. The molecule has 0 radical (unpaired) electrons. The van der Waals surface area contributed by atoms with E-state index in [9.17, 15) is 0 Å². The predicted octanol–water partition coefficient (Wildman–Crippen LogP) is 2.78. The largest absolute Gasteiger partial charge is 0.341 e. The van der Waals surface area contributed by atoms with Crippen LogP contribution in [0.5, 0.6) is 0 Å². The molecule has 3 aliphatic heterocycles. The van der Waals surface area contributed by atoms with E-state index < -0.39 is 12.1 Å². The van der Waals surface area contributed by atoms with Crippen molar-refractivity contribution in [2.45, 2.75) is 56.6 Å². The Hall–Kier alpha value is -0.250. The third kappa shape index (κ3) is 2.59. The highest BCUT2D eigenvalue weighted by molar-refractivity contribution is 14.1. The average molecular weight is 418 g/mol. The van der Waals surface area contributed by atoms with Crippen molar-refractivity contribution in [1.82, 2.24) is 0 Å². The fraction of sp³-hybridized carbons (Fsp3) is 0.625. The number of hydrogen-bond donors (Lipinski definition) is 0. The number of fused-ring (bicyclic) bond motifs is 3. The van der Waals surface area contributed by atoms with Crippen LogP contribution in [0, 0.1) is 0 Å². The minimum absolute atomic E-state index is 0.0366. The second-order valence-electron chi connectivity index (χ2n) is 6.24. The molecule has 6 heteroatoms. The Morgan fingerprint density at radius 3 is 2.45 bits per heavy atom. The first-order chi connectivity index (χ1) is 10.6. The van der Waals surface area contributed by atoms with Crippen molar-refractivity contribution in [2.24, 2.45) is 0 Å². The van der Waals surface area contributed by atoms with Gasteiger partial charge in [0.05, 0.1) is 6.10 Å². The van der Waals surface area contributed by atoms with Crippen molar-refractivity contribution in [2.75, 3.05) is 4.43 Å². The average Bonchev–Trinajstić information content (AvgIpc) is 2.99. The van der Waals surface area contributed by atoms with E-state index >= 15 is 0 Å². The molecule has 0 spiro atoms. The molecule has 0 aliphatic carbocycles. The van der Waals surface area contributed by atoms with Crippen molar-refractivity contribution in [3.63, 3.8) is 0 Å². The maximum Gasteiger partial charge on any atom is 0.190 e. The van der Waals surface area contributed by atoms with Gasteiger partial charge in [-0.3, -0.25) is 0 Å². The van der Waals surface area contributed by atoms with Gasteiger partial charge in [0, 0.05) is 9.99 Å². The van der Waals surface area contributed by atoms with Crippen molar-refractivity contribution in [1.29, 1.82) is 0 Å². The van der Waals surface area contributed by atoms with Crippen LogP contribution < -0.4 is 0 Å². The van der Waals surface area contributed by atoms with E-state index in [0.717, 1.165) is 9.99 Å². The lowest BCUT2D eigenvalue weighted by atomic mass is 10.0. The van der Waals surface area contributed by atoms with Crippen LogP contribution in [0.4, 0.5) is 0 Å². The molecule has 6 atom stereocenters. The van der Waals surface area contributed by atoms with E-state index in [1.54, 1.807) is 0 Å². The lowest BCUT2D eigenvalue weighted by Crippen LogP contribution is -2.50. The third-order valence-corrected chi connectivity index (χ3v) is 5.06. The Kier molecular flexibility index (Phi) is 3.95. The van der Waals surface area contributed by atoms with Crippen LogP contribution in [0.2, 0.25) is 0 Å². The van der Waals surface area contributed by atoms with Gasteiger partial charge in [0.25, 0.3) is 0 Å². The molecule has 0 amide bonds. The molecule has 5 nitrogen and oxygen atoms in total. The molecular weight excluding hydrogens is 399 g/mol. The summed E-state index contributed by atoms with van der Waals surface area (Å²) < 4.78 is 30.9. The molecule has 0 aromatic heterocycles. The van der Waals surface area contributed by atoms with Crippen LogP contribution in [0.15, 0.2) is 30.3 Å². The molecule has 0 bridgehead atoms. The SMILES string of the molecule is CC1(C)O[C@H]2O[C@H]3[C@H](O[C@@H](c4ccccc4)O[C@@H]3CI)[C@H]2O1. The quantitative estimate of drug-likeness (QED) is 0.546. The van der Waals surface area contributed by atoms with E-state index in [4.69, 9.17) is 23.7 Å². The second kappa shape index (κ2) is 5.68. The highest BCUT2D eigenvalue weighted by atomic mass is 127. The topological polar surface area (TPSA) is 46.2 Å². The summed E-state index contributed by atoms with van der Waals surface area (Å²) in [5.74, 6) is -0.635. The zero-order valence-corrected chi connectivity index (χ0v) is 14.6. The zero-order chi connectivity index (χ0) is 15.3. The van der Waals surface area contributed by atoms with Gasteiger partial charge in [-0.1, -0.05) is 52.9 Å². The first-order valence-corrected chi connectivity index (χ1v) is 9.03. The van der Waals surface area contributed by atoms with Gasteiger partial charge in [0.2, 0.25) is 0 Å². The van der Waals surface area contributed by atoms with E-state index in [-0.39, 0.29) is 30.7 Å². The summed E-state index contributed by atoms with van der Waals surface area (Å²) >= 11 is 2.32. The fourth-order valence-corrected chi connectivity index (χ4v) is 3.97. The minimum Gasteiger partial charge on any atom is -0.341 e. The maximum atomic E-state index is 6.18. The van der Waals surface area contributed by atoms with Gasteiger partial charge in [-0.25, -0.2) is 0 Å². The van der Waals surface area contributed by atoms with Crippen molar-refractivity contribution < 1.29 is 23.7 Å². The number of hydrogen-bond acceptors (Lipinski definition) is 5. The van der Waals surface area contributed by atoms with E-state index in [1.807, 2.05) is 44.2 Å². The summed E-state index contributed by atoms with van der Waals surface area (Å²) in [6, 6.07) is 9.98.